The summed E-state index contributed by atoms with van der Waals surface area (Å²) in [6.45, 7) is 3.67. The fourth-order valence-corrected chi connectivity index (χ4v) is 2.84. The van der Waals surface area contributed by atoms with E-state index in [2.05, 4.69) is 37.8 Å². The number of hydrogen-bond acceptors (Lipinski definition) is 7. The first kappa shape index (κ1) is 12.4. The molecule has 0 aliphatic heterocycles. The normalized spacial score (nSPS) is 11.1. The quantitative estimate of drug-likeness (QED) is 0.899. The third-order valence-electron chi connectivity index (χ3n) is 2.18. The predicted molar refractivity (Wildman–Crippen MR) is 71.5 cm³/mol. The maximum absolute atomic E-state index is 4.45. The van der Waals surface area contributed by atoms with E-state index < -0.39 is 0 Å². The molecule has 2 aromatic rings. The smallest absolute Gasteiger partial charge is 0.205 e. The molecule has 92 valence electrons. The Morgan fingerprint density at radius 1 is 1.35 bits per heavy atom. The molecule has 0 amide bonds. The number of aryl methyl sites for hydroxylation is 1. The average molecular weight is 269 g/mol. The summed E-state index contributed by atoms with van der Waals surface area (Å²) in [6, 6.07) is 0. The van der Waals surface area contributed by atoms with Crippen molar-refractivity contribution in [3.63, 3.8) is 0 Å². The largest absolute Gasteiger partial charge is 0.363 e. The van der Waals surface area contributed by atoms with Crippen LogP contribution >= 0.6 is 22.7 Å². The lowest BCUT2D eigenvalue weighted by molar-refractivity contribution is 0.314. The van der Waals surface area contributed by atoms with Gasteiger partial charge in [-0.05, 0) is 14.0 Å². The van der Waals surface area contributed by atoms with Gasteiger partial charge in [0.2, 0.25) is 5.13 Å². The van der Waals surface area contributed by atoms with E-state index in [0.29, 0.717) is 0 Å². The van der Waals surface area contributed by atoms with E-state index in [1.165, 1.54) is 0 Å². The number of rotatable bonds is 5. The van der Waals surface area contributed by atoms with Crippen molar-refractivity contribution in [2.75, 3.05) is 19.4 Å². The number of thiazole rings is 1. The van der Waals surface area contributed by atoms with Crippen molar-refractivity contribution in [1.82, 2.24) is 20.1 Å². The first-order chi connectivity index (χ1) is 8.17. The van der Waals surface area contributed by atoms with Gasteiger partial charge in [-0.3, -0.25) is 4.90 Å². The number of nitrogens with zero attached hydrogens (tertiary/aromatic N) is 4. The van der Waals surface area contributed by atoms with E-state index in [1.54, 1.807) is 22.7 Å². The molecular weight excluding hydrogens is 254 g/mol. The van der Waals surface area contributed by atoms with Crippen molar-refractivity contribution in [2.45, 2.75) is 20.0 Å². The standard InChI is InChI=1S/C10H15N5S2/c1-7-12-8(6-16-7)4-15(3)5-9-13-14-10(11-2)17-9/h6H,4-5H2,1-3H3,(H,11,14). The van der Waals surface area contributed by atoms with Crippen molar-refractivity contribution in [3.8, 4) is 0 Å². The van der Waals surface area contributed by atoms with Gasteiger partial charge in [0.15, 0.2) is 0 Å². The van der Waals surface area contributed by atoms with Gasteiger partial charge in [-0.2, -0.15) is 0 Å². The molecule has 7 heteroatoms. The van der Waals surface area contributed by atoms with Crippen LogP contribution in [0.5, 0.6) is 0 Å². The van der Waals surface area contributed by atoms with Crippen LogP contribution in [0.4, 0.5) is 5.13 Å². The molecule has 0 radical (unpaired) electrons. The van der Waals surface area contributed by atoms with Gasteiger partial charge >= 0.3 is 0 Å². The molecule has 2 rings (SSSR count). The van der Waals surface area contributed by atoms with Gasteiger partial charge < -0.3 is 5.32 Å². The van der Waals surface area contributed by atoms with E-state index in [0.717, 1.165) is 33.9 Å². The van der Waals surface area contributed by atoms with Crippen LogP contribution in [-0.4, -0.2) is 34.2 Å². The Labute approximate surface area is 109 Å². The van der Waals surface area contributed by atoms with Gasteiger partial charge in [-0.1, -0.05) is 11.3 Å². The molecule has 0 spiro atoms. The number of nitrogens with one attached hydrogen (secondary N) is 1. The van der Waals surface area contributed by atoms with E-state index in [1.807, 2.05) is 14.0 Å². The lowest BCUT2D eigenvalue weighted by Gasteiger charge is -2.12. The van der Waals surface area contributed by atoms with Gasteiger partial charge in [0, 0.05) is 19.0 Å². The van der Waals surface area contributed by atoms with Gasteiger partial charge in [-0.15, -0.1) is 21.5 Å². The highest BCUT2D eigenvalue weighted by Crippen LogP contribution is 2.17. The minimum absolute atomic E-state index is 0.802. The zero-order valence-electron chi connectivity index (χ0n) is 10.1. The monoisotopic (exact) mass is 269 g/mol. The molecule has 0 saturated heterocycles. The first-order valence-electron chi connectivity index (χ1n) is 5.27. The number of hydrogen-bond donors (Lipinski definition) is 1. The Morgan fingerprint density at radius 3 is 2.76 bits per heavy atom. The molecular formula is C10H15N5S2. The van der Waals surface area contributed by atoms with Crippen LogP contribution in [0, 0.1) is 6.92 Å². The topological polar surface area (TPSA) is 53.9 Å². The summed E-state index contributed by atoms with van der Waals surface area (Å²) in [5, 5.41) is 16.2. The maximum Gasteiger partial charge on any atom is 0.205 e. The minimum Gasteiger partial charge on any atom is -0.363 e. The summed E-state index contributed by atoms with van der Waals surface area (Å²) in [7, 11) is 3.92. The molecule has 1 N–H and O–H groups in total. The van der Waals surface area contributed by atoms with Crippen LogP contribution in [0.2, 0.25) is 0 Å². The second-order valence-corrected chi connectivity index (χ2v) is 5.91. The molecule has 0 unspecified atom stereocenters. The minimum atomic E-state index is 0.802. The van der Waals surface area contributed by atoms with Crippen molar-refractivity contribution in [1.29, 1.82) is 0 Å². The summed E-state index contributed by atoms with van der Waals surface area (Å²) in [6.07, 6.45) is 0. The predicted octanol–water partition coefficient (Wildman–Crippen LogP) is 1.98. The highest BCUT2D eigenvalue weighted by Gasteiger charge is 2.08. The van der Waals surface area contributed by atoms with Crippen molar-refractivity contribution in [3.05, 3.63) is 21.1 Å². The van der Waals surface area contributed by atoms with Crippen LogP contribution in [0.15, 0.2) is 5.38 Å². The Balaban J connectivity index is 1.90. The van der Waals surface area contributed by atoms with E-state index in [-0.39, 0.29) is 0 Å². The molecule has 0 bridgehead atoms. The molecule has 0 atom stereocenters. The zero-order valence-corrected chi connectivity index (χ0v) is 11.7. The van der Waals surface area contributed by atoms with E-state index >= 15 is 0 Å². The first-order valence-corrected chi connectivity index (χ1v) is 6.96. The van der Waals surface area contributed by atoms with Crippen LogP contribution in [-0.2, 0) is 13.1 Å². The maximum atomic E-state index is 4.45. The summed E-state index contributed by atoms with van der Waals surface area (Å²) < 4.78 is 0. The molecule has 0 aliphatic rings. The second kappa shape index (κ2) is 5.52. The van der Waals surface area contributed by atoms with Crippen LogP contribution < -0.4 is 5.32 Å². The SMILES string of the molecule is CNc1nnc(CN(C)Cc2csc(C)n2)s1. The summed E-state index contributed by atoms with van der Waals surface area (Å²) >= 11 is 3.27. The van der Waals surface area contributed by atoms with Crippen molar-refractivity contribution < 1.29 is 0 Å². The van der Waals surface area contributed by atoms with Crippen molar-refractivity contribution >= 4 is 27.8 Å². The summed E-state index contributed by atoms with van der Waals surface area (Å²) in [4.78, 5) is 6.63. The van der Waals surface area contributed by atoms with Crippen molar-refractivity contribution in [2.24, 2.45) is 0 Å². The highest BCUT2D eigenvalue weighted by molar-refractivity contribution is 7.15. The average Bonchev–Trinajstić information content (AvgIpc) is 2.88. The Kier molecular flexibility index (Phi) is 4.03. The van der Waals surface area contributed by atoms with Crippen LogP contribution in [0.25, 0.3) is 0 Å². The fraction of sp³-hybridized carbons (Fsp3) is 0.500. The number of aromatic nitrogens is 3. The molecule has 17 heavy (non-hydrogen) atoms. The molecule has 0 aliphatic carbocycles. The van der Waals surface area contributed by atoms with Gasteiger partial charge in [0.05, 0.1) is 17.2 Å². The van der Waals surface area contributed by atoms with E-state index in [9.17, 15) is 0 Å². The van der Waals surface area contributed by atoms with E-state index in [4.69, 9.17) is 0 Å². The second-order valence-electron chi connectivity index (χ2n) is 3.78. The summed E-state index contributed by atoms with van der Waals surface area (Å²) in [5.41, 5.74) is 1.12. The third-order valence-corrected chi connectivity index (χ3v) is 3.93. The molecule has 0 fully saturated rings. The van der Waals surface area contributed by atoms with Crippen LogP contribution in [0.3, 0.4) is 0 Å². The number of anilines is 1. The Hall–Kier alpha value is -1.05. The lowest BCUT2D eigenvalue weighted by atomic mass is 10.4. The van der Waals surface area contributed by atoms with Crippen LogP contribution in [0.1, 0.15) is 15.7 Å². The zero-order chi connectivity index (χ0) is 12.3. The lowest BCUT2D eigenvalue weighted by Crippen LogP contribution is -2.17. The molecule has 0 saturated carbocycles. The molecule has 2 heterocycles. The third kappa shape index (κ3) is 3.45. The van der Waals surface area contributed by atoms with Gasteiger partial charge in [0.25, 0.3) is 0 Å². The fourth-order valence-electron chi connectivity index (χ4n) is 1.46. The molecule has 0 aromatic carbocycles. The Bertz CT molecular complexity index is 479. The van der Waals surface area contributed by atoms with Gasteiger partial charge in [-0.25, -0.2) is 4.98 Å². The summed E-state index contributed by atoms with van der Waals surface area (Å²) in [5.74, 6) is 0. The Morgan fingerprint density at radius 2 is 2.18 bits per heavy atom. The highest BCUT2D eigenvalue weighted by atomic mass is 32.1. The molecule has 2 aromatic heterocycles. The van der Waals surface area contributed by atoms with Gasteiger partial charge in [0.1, 0.15) is 5.01 Å². The molecule has 5 nitrogen and oxygen atoms in total.